The van der Waals surface area contributed by atoms with Gasteiger partial charge in [-0.15, -0.1) is 0 Å². The molecule has 8 nitrogen and oxygen atoms in total. The van der Waals surface area contributed by atoms with Gasteiger partial charge in [-0.1, -0.05) is 35.9 Å². The van der Waals surface area contributed by atoms with Gasteiger partial charge in [-0.25, -0.2) is 27.5 Å². The number of aromatic carboxylic acids is 1. The van der Waals surface area contributed by atoms with Crippen LogP contribution in [0, 0.1) is 0 Å². The van der Waals surface area contributed by atoms with E-state index in [0.29, 0.717) is 23.7 Å². The van der Waals surface area contributed by atoms with Gasteiger partial charge in [0.05, 0.1) is 34.7 Å². The topological polar surface area (TPSA) is 110 Å². The van der Waals surface area contributed by atoms with Crippen molar-refractivity contribution < 1.29 is 36.2 Å². The Morgan fingerprint density at radius 3 is 2.13 bits per heavy atom. The van der Waals surface area contributed by atoms with Crippen molar-refractivity contribution in [3.8, 4) is 17.0 Å². The van der Waals surface area contributed by atoms with Crippen LogP contribution < -0.4 is 9.04 Å². The number of pyridine rings is 2. The van der Waals surface area contributed by atoms with Gasteiger partial charge < -0.3 is 9.84 Å². The van der Waals surface area contributed by atoms with Crippen LogP contribution in [0.3, 0.4) is 0 Å². The first-order valence-electron chi connectivity index (χ1n) is 11.1. The minimum atomic E-state index is -4.74. The van der Waals surface area contributed by atoms with Crippen LogP contribution >= 0.6 is 11.6 Å². The van der Waals surface area contributed by atoms with E-state index in [1.54, 1.807) is 42.6 Å². The van der Waals surface area contributed by atoms with Crippen LogP contribution in [0.5, 0.6) is 5.88 Å². The summed E-state index contributed by atoms with van der Waals surface area (Å²) in [6.45, 7) is -0.331. The average molecular weight is 578 g/mol. The van der Waals surface area contributed by atoms with Crippen LogP contribution in [0.25, 0.3) is 11.1 Å². The third-order valence-electron chi connectivity index (χ3n) is 5.63. The third kappa shape index (κ3) is 6.13. The summed E-state index contributed by atoms with van der Waals surface area (Å²) in [7, 11) is -2.95. The maximum atomic E-state index is 13.6. The summed E-state index contributed by atoms with van der Waals surface area (Å²) < 4.78 is 72.6. The number of hydrogen-bond acceptors (Lipinski definition) is 6. The van der Waals surface area contributed by atoms with Crippen LogP contribution in [-0.2, 0) is 22.7 Å². The Morgan fingerprint density at radius 1 is 0.974 bits per heavy atom. The van der Waals surface area contributed by atoms with Crippen LogP contribution in [-0.4, -0.2) is 36.6 Å². The van der Waals surface area contributed by atoms with Gasteiger partial charge in [0.15, 0.2) is 5.82 Å². The molecule has 0 aliphatic rings. The lowest BCUT2D eigenvalue weighted by molar-refractivity contribution is -0.137. The molecule has 0 bridgehead atoms. The summed E-state index contributed by atoms with van der Waals surface area (Å²) in [6, 6.07) is 15.2. The molecule has 2 aromatic carbocycles. The van der Waals surface area contributed by atoms with Gasteiger partial charge in [0.25, 0.3) is 10.0 Å². The van der Waals surface area contributed by atoms with E-state index in [-0.39, 0.29) is 17.0 Å². The number of nitrogens with zero attached hydrogens (tertiary/aromatic N) is 3. The number of halogens is 4. The predicted octanol–water partition coefficient (Wildman–Crippen LogP) is 5.92. The number of rotatable bonds is 8. The van der Waals surface area contributed by atoms with Crippen molar-refractivity contribution in [2.45, 2.75) is 17.6 Å². The average Bonchev–Trinajstić information content (AvgIpc) is 2.92. The zero-order chi connectivity index (χ0) is 28.4. The smallest absolute Gasteiger partial charge is 0.417 e. The lowest BCUT2D eigenvalue weighted by Crippen LogP contribution is -2.32. The van der Waals surface area contributed by atoms with Crippen LogP contribution in [0.15, 0.2) is 84.0 Å². The molecule has 0 amide bonds. The zero-order valence-corrected chi connectivity index (χ0v) is 21.6. The highest BCUT2D eigenvalue weighted by molar-refractivity contribution is 7.92. The molecule has 202 valence electrons. The number of carboxylic acids is 1. The lowest BCUT2D eigenvalue weighted by Gasteiger charge is -2.25. The number of ether oxygens (including phenoxy) is 1. The second-order valence-corrected chi connectivity index (χ2v) is 10.4. The molecule has 0 aliphatic carbocycles. The maximum absolute atomic E-state index is 13.6. The Balaban J connectivity index is 1.73. The number of aromatic nitrogens is 2. The largest absolute Gasteiger partial charge is 0.481 e. The lowest BCUT2D eigenvalue weighted by atomic mass is 10.1. The van der Waals surface area contributed by atoms with E-state index in [2.05, 4.69) is 9.97 Å². The molecular formula is C26H19ClF3N3O5S. The highest BCUT2D eigenvalue weighted by Crippen LogP contribution is 2.36. The van der Waals surface area contributed by atoms with E-state index >= 15 is 0 Å². The minimum absolute atomic E-state index is 0.144. The number of methoxy groups -OCH3 is 1. The summed E-state index contributed by atoms with van der Waals surface area (Å²) in [5.41, 5.74) is 0.742. The standard InChI is InChI=1S/C26H19ClF3N3O5S/c1-38-23-11-8-19(13-31-23)17-4-2-16(3-5-17)15-33(24-22(27)12-20(14-32-24)26(28,29)30)39(36,37)21-9-6-18(7-10-21)25(34)35/h2-14H,15H2,1H3,(H,34,35). The fraction of sp³-hybridized carbons (Fsp3) is 0.115. The highest BCUT2D eigenvalue weighted by atomic mass is 35.5. The molecule has 0 aliphatic heterocycles. The molecule has 4 rings (SSSR count). The fourth-order valence-electron chi connectivity index (χ4n) is 3.58. The number of anilines is 1. The maximum Gasteiger partial charge on any atom is 0.417 e. The number of carbonyl (C=O) groups is 1. The summed E-state index contributed by atoms with van der Waals surface area (Å²) in [5.74, 6) is -1.24. The van der Waals surface area contributed by atoms with Crippen molar-refractivity contribution >= 4 is 33.4 Å². The summed E-state index contributed by atoms with van der Waals surface area (Å²) in [6.07, 6.45) is -2.63. The van der Waals surface area contributed by atoms with Gasteiger partial charge in [-0.2, -0.15) is 13.2 Å². The number of hydrogen-bond donors (Lipinski definition) is 1. The first-order valence-corrected chi connectivity index (χ1v) is 12.9. The quantitative estimate of drug-likeness (QED) is 0.277. The van der Waals surface area contributed by atoms with E-state index in [4.69, 9.17) is 21.4 Å². The summed E-state index contributed by atoms with van der Waals surface area (Å²) in [5, 5.41) is 8.60. The fourth-order valence-corrected chi connectivity index (χ4v) is 5.33. The summed E-state index contributed by atoms with van der Waals surface area (Å²) in [4.78, 5) is 18.8. The molecule has 0 saturated carbocycles. The van der Waals surface area contributed by atoms with Crippen molar-refractivity contribution in [3.05, 3.63) is 101 Å². The molecule has 2 heterocycles. The molecule has 39 heavy (non-hydrogen) atoms. The molecule has 0 unspecified atom stereocenters. The Labute approximate surface area is 226 Å². The van der Waals surface area contributed by atoms with Gasteiger partial charge in [0, 0.05) is 24.0 Å². The first-order chi connectivity index (χ1) is 18.4. The van der Waals surface area contributed by atoms with Gasteiger partial charge in [0.1, 0.15) is 0 Å². The van der Waals surface area contributed by atoms with Crippen molar-refractivity contribution in [2.75, 3.05) is 11.4 Å². The molecule has 0 spiro atoms. The highest BCUT2D eigenvalue weighted by Gasteiger charge is 2.34. The van der Waals surface area contributed by atoms with Gasteiger partial charge in [-0.05, 0) is 47.5 Å². The van der Waals surface area contributed by atoms with Crippen LogP contribution in [0.2, 0.25) is 5.02 Å². The Morgan fingerprint density at radius 2 is 1.62 bits per heavy atom. The van der Waals surface area contributed by atoms with Crippen molar-refractivity contribution in [1.29, 1.82) is 0 Å². The van der Waals surface area contributed by atoms with Gasteiger partial charge in [0.2, 0.25) is 5.88 Å². The second kappa shape index (κ2) is 10.9. The monoisotopic (exact) mass is 577 g/mol. The SMILES string of the molecule is COc1ccc(-c2ccc(CN(c3ncc(C(F)(F)F)cc3Cl)S(=O)(=O)c3ccc(C(=O)O)cc3)cc2)cn1. The van der Waals surface area contributed by atoms with E-state index in [1.807, 2.05) is 0 Å². The van der Waals surface area contributed by atoms with E-state index in [9.17, 15) is 26.4 Å². The van der Waals surface area contributed by atoms with Crippen molar-refractivity contribution in [1.82, 2.24) is 9.97 Å². The first kappa shape index (κ1) is 27.9. The molecule has 13 heteroatoms. The molecule has 0 atom stereocenters. The Kier molecular flexibility index (Phi) is 7.79. The number of sulfonamides is 1. The number of alkyl halides is 3. The van der Waals surface area contributed by atoms with Crippen LogP contribution in [0.1, 0.15) is 21.5 Å². The molecule has 4 aromatic rings. The van der Waals surface area contributed by atoms with Crippen molar-refractivity contribution in [2.24, 2.45) is 0 Å². The third-order valence-corrected chi connectivity index (χ3v) is 7.66. The molecular weight excluding hydrogens is 559 g/mol. The molecule has 1 N–H and O–H groups in total. The Bertz CT molecular complexity index is 1600. The van der Waals surface area contributed by atoms with Crippen LogP contribution in [0.4, 0.5) is 19.0 Å². The molecule has 2 aromatic heterocycles. The van der Waals surface area contributed by atoms with Crippen molar-refractivity contribution in [3.63, 3.8) is 0 Å². The number of benzene rings is 2. The normalized spacial score (nSPS) is 11.7. The van der Waals surface area contributed by atoms with Gasteiger partial charge >= 0.3 is 12.1 Å². The van der Waals surface area contributed by atoms with E-state index in [1.165, 1.54) is 7.11 Å². The molecule has 0 radical (unpaired) electrons. The zero-order valence-electron chi connectivity index (χ0n) is 20.1. The Hall–Kier alpha value is -4.16. The molecule has 0 fully saturated rings. The second-order valence-electron chi connectivity index (χ2n) is 8.15. The summed E-state index contributed by atoms with van der Waals surface area (Å²) >= 11 is 6.12. The number of carboxylic acid groups (broad SMARTS) is 1. The minimum Gasteiger partial charge on any atom is -0.481 e. The van der Waals surface area contributed by atoms with E-state index in [0.717, 1.165) is 39.7 Å². The predicted molar refractivity (Wildman–Crippen MR) is 137 cm³/mol. The molecule has 0 saturated heterocycles. The van der Waals surface area contributed by atoms with Gasteiger partial charge in [-0.3, -0.25) is 0 Å². The van der Waals surface area contributed by atoms with E-state index < -0.39 is 38.6 Å².